The van der Waals surface area contributed by atoms with Crippen LogP contribution in [0.2, 0.25) is 0 Å². The Morgan fingerprint density at radius 2 is 1.12 bits per heavy atom. The van der Waals surface area contributed by atoms with Crippen LogP contribution in [0.15, 0.2) is 48.5 Å². The number of benzene rings is 2. The molecule has 4 aliphatic carbocycles. The average Bonchev–Trinajstić information content (AvgIpc) is 4.22. The number of fused-ring (bicyclic) bond motifs is 2. The molecule has 8 rings (SSSR count). The molecule has 4 fully saturated rings. The summed E-state index contributed by atoms with van der Waals surface area (Å²) >= 11 is 0. The van der Waals surface area contributed by atoms with Gasteiger partial charge in [0.1, 0.15) is 6.04 Å². The lowest BCUT2D eigenvalue weighted by Gasteiger charge is -2.39. The largest absolute Gasteiger partial charge is 0.345 e. The fraction of sp³-hybridized carbons (Fsp3) is 0.714. The molecule has 4 N–H and O–H groups in total. The number of hydrogen-bond donors (Lipinski definition) is 4. The zero-order valence-electron chi connectivity index (χ0n) is 42.2. The van der Waals surface area contributed by atoms with Crippen LogP contribution >= 0.6 is 0 Å². The van der Waals surface area contributed by atoms with Crippen LogP contribution in [0.4, 0.5) is 0 Å². The molecule has 0 aromatic heterocycles. The second-order valence-corrected chi connectivity index (χ2v) is 21.7. The van der Waals surface area contributed by atoms with E-state index in [0.717, 1.165) is 155 Å². The maximum atomic E-state index is 14.8. The minimum Gasteiger partial charge on any atom is -0.345 e. The summed E-state index contributed by atoms with van der Waals surface area (Å²) in [6, 6.07) is 16.9. The van der Waals surface area contributed by atoms with Crippen LogP contribution in [0.5, 0.6) is 0 Å². The van der Waals surface area contributed by atoms with E-state index in [1.54, 1.807) is 14.1 Å². The Kier molecular flexibility index (Phi) is 18.2. The maximum Gasteiger partial charge on any atom is 0.245 e. The highest BCUT2D eigenvalue weighted by Crippen LogP contribution is 2.40. The molecule has 2 aromatic rings. The SMILES string of the molecule is CN[C@@H](C)C(=O)N[C@H](C(=O)C1CCCN1CN(CCCCN(C[C@@H]1CCCN1C(=O)[C@@H](NC(=O)[C@H](C)NC)C1CCCCC1)C1CCc2ccccc21)C1CCc2ccccc21)C1CCCCC1. The van der Waals surface area contributed by atoms with Crippen molar-refractivity contribution in [3.8, 4) is 0 Å². The zero-order chi connectivity index (χ0) is 47.6. The van der Waals surface area contributed by atoms with E-state index in [1.807, 2.05) is 13.8 Å². The van der Waals surface area contributed by atoms with Crippen molar-refractivity contribution in [3.63, 3.8) is 0 Å². The molecule has 68 heavy (non-hydrogen) atoms. The average molecular weight is 935 g/mol. The van der Waals surface area contributed by atoms with Crippen LogP contribution in [-0.4, -0.2) is 133 Å². The third kappa shape index (κ3) is 12.1. The Labute approximate surface area is 408 Å². The summed E-state index contributed by atoms with van der Waals surface area (Å²) < 4.78 is 0. The Bertz CT molecular complexity index is 1840. The highest BCUT2D eigenvalue weighted by atomic mass is 16.2. The lowest BCUT2D eigenvalue weighted by Crippen LogP contribution is -2.57. The van der Waals surface area contributed by atoms with Crippen LogP contribution < -0.4 is 21.3 Å². The first-order valence-corrected chi connectivity index (χ1v) is 27.3. The van der Waals surface area contributed by atoms with Gasteiger partial charge in [0.2, 0.25) is 17.7 Å². The maximum absolute atomic E-state index is 14.8. The minimum absolute atomic E-state index is 0.0838. The third-order valence-corrected chi connectivity index (χ3v) is 17.4. The summed E-state index contributed by atoms with van der Waals surface area (Å²) in [5.41, 5.74) is 5.76. The number of likely N-dealkylation sites (N-methyl/N-ethyl adjacent to an activating group) is 2. The molecule has 2 aliphatic heterocycles. The van der Waals surface area contributed by atoms with E-state index in [1.165, 1.54) is 35.1 Å². The summed E-state index contributed by atoms with van der Waals surface area (Å²) in [7, 11) is 3.60. The summed E-state index contributed by atoms with van der Waals surface area (Å²) in [5, 5.41) is 12.7. The van der Waals surface area contributed by atoms with Gasteiger partial charge in [0.05, 0.1) is 30.8 Å². The molecule has 2 saturated heterocycles. The Hall–Kier alpha value is -3.68. The molecular formula is C56H86N8O4. The van der Waals surface area contributed by atoms with Crippen molar-refractivity contribution in [2.75, 3.05) is 53.5 Å². The molecule has 0 spiro atoms. The number of nitrogens with one attached hydrogen (secondary N) is 4. The van der Waals surface area contributed by atoms with Crippen molar-refractivity contribution in [1.82, 2.24) is 40.9 Å². The van der Waals surface area contributed by atoms with E-state index in [2.05, 4.69) is 89.4 Å². The topological polar surface area (TPSA) is 129 Å². The Morgan fingerprint density at radius 1 is 0.603 bits per heavy atom. The molecule has 2 heterocycles. The van der Waals surface area contributed by atoms with E-state index >= 15 is 0 Å². The molecule has 0 radical (unpaired) electrons. The fourth-order valence-electron chi connectivity index (χ4n) is 13.2. The van der Waals surface area contributed by atoms with Gasteiger partial charge < -0.3 is 26.2 Å². The minimum atomic E-state index is -0.476. The summed E-state index contributed by atoms with van der Waals surface area (Å²) in [6.07, 6.45) is 21.0. The highest BCUT2D eigenvalue weighted by Gasteiger charge is 2.43. The van der Waals surface area contributed by atoms with Gasteiger partial charge in [-0.3, -0.25) is 33.9 Å². The summed E-state index contributed by atoms with van der Waals surface area (Å²) in [4.78, 5) is 66.3. The van der Waals surface area contributed by atoms with E-state index < -0.39 is 12.1 Å². The highest BCUT2D eigenvalue weighted by molar-refractivity contribution is 5.94. The second kappa shape index (κ2) is 24.4. The number of unbranched alkanes of at least 4 members (excludes halogenated alkanes) is 1. The molecule has 3 unspecified atom stereocenters. The van der Waals surface area contributed by atoms with E-state index in [0.29, 0.717) is 12.1 Å². The Morgan fingerprint density at radius 3 is 1.71 bits per heavy atom. The molecule has 12 heteroatoms. The summed E-state index contributed by atoms with van der Waals surface area (Å²) in [6.45, 7) is 8.86. The quantitative estimate of drug-likeness (QED) is 0.0917. The van der Waals surface area contributed by atoms with Crippen LogP contribution in [0.25, 0.3) is 0 Å². The number of carbonyl (C=O) groups is 4. The van der Waals surface area contributed by atoms with Crippen molar-refractivity contribution in [1.29, 1.82) is 0 Å². The number of aryl methyl sites for hydroxylation is 2. The lowest BCUT2D eigenvalue weighted by atomic mass is 9.80. The van der Waals surface area contributed by atoms with Gasteiger partial charge >= 0.3 is 0 Å². The van der Waals surface area contributed by atoms with Gasteiger partial charge in [-0.25, -0.2) is 0 Å². The number of likely N-dealkylation sites (tertiary alicyclic amines) is 2. The van der Waals surface area contributed by atoms with Gasteiger partial charge in [0.25, 0.3) is 0 Å². The van der Waals surface area contributed by atoms with E-state index in [-0.39, 0.29) is 59.5 Å². The van der Waals surface area contributed by atoms with Gasteiger partial charge in [0.15, 0.2) is 5.78 Å². The first-order chi connectivity index (χ1) is 33.1. The molecule has 0 bridgehead atoms. The van der Waals surface area contributed by atoms with Crippen molar-refractivity contribution in [3.05, 3.63) is 70.8 Å². The lowest BCUT2D eigenvalue weighted by molar-refractivity contribution is -0.140. The van der Waals surface area contributed by atoms with Crippen LogP contribution in [0.1, 0.15) is 164 Å². The number of ketones is 1. The standard InChI is InChI=1S/C56H86N8O4/c1-39(57-3)54(66)59-51(43-21-7-5-8-22-43)53(65)50-28-18-35-63(50)38-62(49-32-30-42-20-12-14-27-47(42)49)34-16-15-33-61(48-31-29-41-19-11-13-26-46(41)48)37-45-25-17-36-64(45)56(68)52(44-23-9-6-10-24-44)60-55(67)40(2)58-4/h11-14,19-20,26-27,39-40,43-45,48-52,57-58H,5-10,15-18,21-25,28-38H2,1-4H3,(H,59,66)(H,60,67)/t39-,40-,45-,48?,49?,50?,51-,52-/m0/s1. The van der Waals surface area contributed by atoms with Crippen molar-refractivity contribution in [2.24, 2.45) is 11.8 Å². The van der Waals surface area contributed by atoms with Crippen LogP contribution in [0.3, 0.4) is 0 Å². The predicted molar refractivity (Wildman–Crippen MR) is 271 cm³/mol. The summed E-state index contributed by atoms with van der Waals surface area (Å²) in [5.74, 6) is 0.530. The first-order valence-electron chi connectivity index (χ1n) is 27.3. The monoisotopic (exact) mass is 935 g/mol. The van der Waals surface area contributed by atoms with Crippen molar-refractivity contribution < 1.29 is 19.2 Å². The van der Waals surface area contributed by atoms with Crippen LogP contribution in [-0.2, 0) is 32.0 Å². The van der Waals surface area contributed by atoms with Crippen LogP contribution in [0, 0.1) is 11.8 Å². The molecule has 2 saturated carbocycles. The number of nitrogens with zero attached hydrogens (tertiary/aromatic N) is 4. The predicted octanol–water partition coefficient (Wildman–Crippen LogP) is 7.07. The fourth-order valence-corrected chi connectivity index (χ4v) is 13.2. The van der Waals surface area contributed by atoms with Crippen molar-refractivity contribution in [2.45, 2.75) is 191 Å². The van der Waals surface area contributed by atoms with Gasteiger partial charge in [-0.15, -0.1) is 0 Å². The Balaban J connectivity index is 0.979. The first kappa shape index (κ1) is 50.7. The van der Waals surface area contributed by atoms with E-state index in [9.17, 15) is 19.2 Å². The number of rotatable bonds is 22. The molecule has 2 aromatic carbocycles. The normalized spacial score (nSPS) is 25.3. The van der Waals surface area contributed by atoms with Crippen molar-refractivity contribution >= 4 is 23.5 Å². The molecule has 12 nitrogen and oxygen atoms in total. The van der Waals surface area contributed by atoms with Gasteiger partial charge in [-0.2, -0.15) is 0 Å². The number of carbonyl (C=O) groups excluding carboxylic acids is 4. The number of amides is 3. The van der Waals surface area contributed by atoms with E-state index in [4.69, 9.17) is 0 Å². The number of Topliss-reactive ketones (excluding diaryl/α,β-unsaturated/α-hetero) is 1. The van der Waals surface area contributed by atoms with Gasteiger partial charge in [-0.1, -0.05) is 87.1 Å². The molecule has 6 aliphatic rings. The zero-order valence-corrected chi connectivity index (χ0v) is 42.2. The smallest absolute Gasteiger partial charge is 0.245 e. The molecule has 8 atom stereocenters. The van der Waals surface area contributed by atoms with Gasteiger partial charge in [-0.05, 0) is 158 Å². The second-order valence-electron chi connectivity index (χ2n) is 21.7. The molecular weight excluding hydrogens is 849 g/mol. The molecule has 374 valence electrons. The third-order valence-electron chi connectivity index (χ3n) is 17.4. The molecule has 3 amide bonds. The number of hydrogen-bond acceptors (Lipinski definition) is 9. The van der Waals surface area contributed by atoms with Gasteiger partial charge in [0, 0.05) is 44.3 Å².